The summed E-state index contributed by atoms with van der Waals surface area (Å²) in [6.45, 7) is 2.94. The molecule has 0 aliphatic carbocycles. The molecule has 0 amide bonds. The number of fused-ring (bicyclic) bond motifs is 1. The third-order valence-electron chi connectivity index (χ3n) is 2.83. The number of aromatic nitrogens is 1. The molecule has 0 fully saturated rings. The van der Waals surface area contributed by atoms with E-state index in [0.717, 1.165) is 24.2 Å². The summed E-state index contributed by atoms with van der Waals surface area (Å²) < 4.78 is 0. The first-order valence-electron chi connectivity index (χ1n) is 5.93. The smallest absolute Gasteiger partial charge is 0.0705 e. The van der Waals surface area contributed by atoms with Crippen LogP contribution in [0.1, 0.15) is 19.0 Å². The highest BCUT2D eigenvalue weighted by atomic mass is 35.5. The zero-order chi connectivity index (χ0) is 12.1. The molecular weight excluding hydrogens is 232 g/mol. The highest BCUT2D eigenvalue weighted by molar-refractivity contribution is 6.17. The Labute approximate surface area is 107 Å². The molecule has 1 aromatic carbocycles. The Balaban J connectivity index is 2.04. The van der Waals surface area contributed by atoms with E-state index >= 15 is 0 Å². The van der Waals surface area contributed by atoms with Gasteiger partial charge in [0.05, 0.1) is 11.2 Å². The molecule has 0 aliphatic rings. The van der Waals surface area contributed by atoms with Gasteiger partial charge in [-0.3, -0.25) is 4.98 Å². The molecule has 1 aromatic heterocycles. The monoisotopic (exact) mass is 248 g/mol. The number of hydrogen-bond donors (Lipinski definition) is 1. The Morgan fingerprint density at radius 3 is 2.88 bits per heavy atom. The summed E-state index contributed by atoms with van der Waals surface area (Å²) in [5.41, 5.74) is 2.13. The van der Waals surface area contributed by atoms with Crippen LogP contribution in [0.15, 0.2) is 36.4 Å². The first kappa shape index (κ1) is 12.3. The van der Waals surface area contributed by atoms with Gasteiger partial charge in [-0.15, -0.1) is 11.6 Å². The summed E-state index contributed by atoms with van der Waals surface area (Å²) in [6, 6.07) is 12.8. The maximum atomic E-state index is 5.70. The average Bonchev–Trinajstić information content (AvgIpc) is 2.36. The van der Waals surface area contributed by atoms with E-state index in [1.54, 1.807) is 0 Å². The third-order valence-corrected chi connectivity index (χ3v) is 3.05. The fourth-order valence-electron chi connectivity index (χ4n) is 1.75. The molecule has 0 spiro atoms. The predicted molar refractivity (Wildman–Crippen MR) is 73.4 cm³/mol. The SMILES string of the molecule is CC(CCCl)NCc1ccc2ccccc2n1. The van der Waals surface area contributed by atoms with Gasteiger partial charge in [0.2, 0.25) is 0 Å². The Kier molecular flexibility index (Phi) is 4.35. The molecule has 2 nitrogen and oxygen atoms in total. The molecule has 0 aliphatic heterocycles. The van der Waals surface area contributed by atoms with Crippen molar-refractivity contribution >= 4 is 22.5 Å². The zero-order valence-corrected chi connectivity index (χ0v) is 10.7. The van der Waals surface area contributed by atoms with Gasteiger partial charge in [-0.05, 0) is 25.5 Å². The van der Waals surface area contributed by atoms with Gasteiger partial charge in [0.1, 0.15) is 0 Å². The predicted octanol–water partition coefficient (Wildman–Crippen LogP) is 3.34. The zero-order valence-electron chi connectivity index (χ0n) is 9.99. The molecule has 90 valence electrons. The van der Waals surface area contributed by atoms with E-state index in [9.17, 15) is 0 Å². The van der Waals surface area contributed by atoms with Gasteiger partial charge in [-0.25, -0.2) is 0 Å². The molecule has 17 heavy (non-hydrogen) atoms. The summed E-state index contributed by atoms with van der Waals surface area (Å²) in [7, 11) is 0. The van der Waals surface area contributed by atoms with Crippen molar-refractivity contribution in [3.05, 3.63) is 42.1 Å². The van der Waals surface area contributed by atoms with Crippen LogP contribution in [0, 0.1) is 0 Å². The molecule has 1 heterocycles. The van der Waals surface area contributed by atoms with Crippen molar-refractivity contribution in [1.82, 2.24) is 10.3 Å². The van der Waals surface area contributed by atoms with Crippen molar-refractivity contribution in [2.75, 3.05) is 5.88 Å². The molecule has 2 rings (SSSR count). The van der Waals surface area contributed by atoms with Crippen LogP contribution < -0.4 is 5.32 Å². The van der Waals surface area contributed by atoms with Crippen molar-refractivity contribution in [1.29, 1.82) is 0 Å². The van der Waals surface area contributed by atoms with Crippen LogP contribution in [0.4, 0.5) is 0 Å². The number of nitrogens with one attached hydrogen (secondary N) is 1. The number of hydrogen-bond acceptors (Lipinski definition) is 2. The van der Waals surface area contributed by atoms with Crippen LogP contribution in [0.5, 0.6) is 0 Å². The van der Waals surface area contributed by atoms with E-state index in [-0.39, 0.29) is 0 Å². The van der Waals surface area contributed by atoms with Gasteiger partial charge in [-0.1, -0.05) is 24.3 Å². The van der Waals surface area contributed by atoms with Crippen molar-refractivity contribution in [3.63, 3.8) is 0 Å². The number of para-hydroxylation sites is 1. The summed E-state index contributed by atoms with van der Waals surface area (Å²) in [6.07, 6.45) is 0.981. The first-order chi connectivity index (χ1) is 8.29. The fraction of sp³-hybridized carbons (Fsp3) is 0.357. The molecule has 0 saturated carbocycles. The Morgan fingerprint density at radius 2 is 2.06 bits per heavy atom. The molecule has 2 aromatic rings. The molecular formula is C14H17ClN2. The van der Waals surface area contributed by atoms with Crippen LogP contribution >= 0.6 is 11.6 Å². The minimum Gasteiger partial charge on any atom is -0.309 e. The van der Waals surface area contributed by atoms with Crippen LogP contribution in [0.3, 0.4) is 0 Å². The average molecular weight is 249 g/mol. The van der Waals surface area contributed by atoms with E-state index < -0.39 is 0 Å². The maximum absolute atomic E-state index is 5.70. The molecule has 0 saturated heterocycles. The lowest BCUT2D eigenvalue weighted by Gasteiger charge is -2.11. The lowest BCUT2D eigenvalue weighted by atomic mass is 10.2. The number of halogens is 1. The summed E-state index contributed by atoms with van der Waals surface area (Å²) in [4.78, 5) is 4.61. The summed E-state index contributed by atoms with van der Waals surface area (Å²) in [5, 5.41) is 4.60. The first-order valence-corrected chi connectivity index (χ1v) is 6.47. The number of alkyl halides is 1. The molecule has 1 unspecified atom stereocenters. The molecule has 0 bridgehead atoms. The highest BCUT2D eigenvalue weighted by Gasteiger charge is 2.02. The Morgan fingerprint density at radius 1 is 1.24 bits per heavy atom. The summed E-state index contributed by atoms with van der Waals surface area (Å²) in [5.74, 6) is 0.694. The van der Waals surface area contributed by atoms with E-state index in [1.807, 2.05) is 18.2 Å². The van der Waals surface area contributed by atoms with E-state index in [4.69, 9.17) is 11.6 Å². The van der Waals surface area contributed by atoms with Gasteiger partial charge in [0.25, 0.3) is 0 Å². The standard InChI is InChI=1S/C14H17ClN2/c1-11(8-9-15)16-10-13-7-6-12-4-2-3-5-14(12)17-13/h2-7,11,16H,8-10H2,1H3. The lowest BCUT2D eigenvalue weighted by Crippen LogP contribution is -2.26. The maximum Gasteiger partial charge on any atom is 0.0705 e. The van der Waals surface area contributed by atoms with Gasteiger partial charge in [0.15, 0.2) is 0 Å². The van der Waals surface area contributed by atoms with Crippen LogP contribution in [0.2, 0.25) is 0 Å². The van der Waals surface area contributed by atoms with E-state index in [0.29, 0.717) is 11.9 Å². The molecule has 1 N–H and O–H groups in total. The van der Waals surface area contributed by atoms with Crippen molar-refractivity contribution in [2.24, 2.45) is 0 Å². The fourth-order valence-corrected chi connectivity index (χ4v) is 2.08. The van der Waals surface area contributed by atoms with Crippen LogP contribution in [-0.4, -0.2) is 16.9 Å². The normalized spacial score (nSPS) is 12.8. The number of rotatable bonds is 5. The number of benzene rings is 1. The largest absolute Gasteiger partial charge is 0.309 e. The Hall–Kier alpha value is -1.12. The quantitative estimate of drug-likeness (QED) is 0.821. The second-order valence-corrected chi connectivity index (χ2v) is 4.63. The lowest BCUT2D eigenvalue weighted by molar-refractivity contribution is 0.532. The topological polar surface area (TPSA) is 24.9 Å². The van der Waals surface area contributed by atoms with Crippen LogP contribution in [-0.2, 0) is 6.54 Å². The van der Waals surface area contributed by atoms with E-state index in [1.165, 1.54) is 5.39 Å². The van der Waals surface area contributed by atoms with Gasteiger partial charge in [-0.2, -0.15) is 0 Å². The van der Waals surface area contributed by atoms with Gasteiger partial charge >= 0.3 is 0 Å². The minimum absolute atomic E-state index is 0.431. The third kappa shape index (κ3) is 3.42. The van der Waals surface area contributed by atoms with Crippen molar-refractivity contribution < 1.29 is 0 Å². The molecule has 1 atom stereocenters. The van der Waals surface area contributed by atoms with E-state index in [2.05, 4.69) is 35.4 Å². The summed E-state index contributed by atoms with van der Waals surface area (Å²) >= 11 is 5.70. The highest BCUT2D eigenvalue weighted by Crippen LogP contribution is 2.11. The number of nitrogens with zero attached hydrogens (tertiary/aromatic N) is 1. The number of pyridine rings is 1. The second kappa shape index (κ2) is 5.99. The Bertz CT molecular complexity index is 484. The van der Waals surface area contributed by atoms with Crippen molar-refractivity contribution in [3.8, 4) is 0 Å². The van der Waals surface area contributed by atoms with Crippen LogP contribution in [0.25, 0.3) is 10.9 Å². The van der Waals surface area contributed by atoms with Crippen molar-refractivity contribution in [2.45, 2.75) is 25.9 Å². The minimum atomic E-state index is 0.431. The molecule has 3 heteroatoms. The second-order valence-electron chi connectivity index (χ2n) is 4.25. The molecule has 0 radical (unpaired) electrons. The van der Waals surface area contributed by atoms with Gasteiger partial charge < -0.3 is 5.32 Å². The van der Waals surface area contributed by atoms with Gasteiger partial charge in [0, 0.05) is 23.9 Å².